The number of ether oxygens (including phenoxy) is 1. The first kappa shape index (κ1) is 19.6. The maximum atomic E-state index is 9.62. The topological polar surface area (TPSA) is 48.8 Å². The van der Waals surface area contributed by atoms with Gasteiger partial charge >= 0.3 is 0 Å². The number of pyridine rings is 1. The van der Waals surface area contributed by atoms with Crippen molar-refractivity contribution in [2.45, 2.75) is 37.5 Å². The van der Waals surface area contributed by atoms with Gasteiger partial charge in [0.15, 0.2) is 0 Å². The van der Waals surface area contributed by atoms with Crippen LogP contribution in [0.15, 0.2) is 48.7 Å². The third-order valence-corrected chi connectivity index (χ3v) is 6.15. The predicted octanol–water partition coefficient (Wildman–Crippen LogP) is 3.01. The van der Waals surface area contributed by atoms with Crippen LogP contribution in [-0.4, -0.2) is 66.0 Å². The van der Waals surface area contributed by atoms with Crippen LogP contribution < -0.4 is 4.90 Å². The van der Waals surface area contributed by atoms with E-state index in [2.05, 4.69) is 33.0 Å². The first-order valence-corrected chi connectivity index (χ1v) is 10.5. The van der Waals surface area contributed by atoms with Gasteiger partial charge in [-0.2, -0.15) is 0 Å². The fourth-order valence-corrected chi connectivity index (χ4v) is 4.50. The Hall–Kier alpha value is -1.66. The smallest absolute Gasteiger partial charge is 0.128 e. The van der Waals surface area contributed by atoms with Crippen molar-refractivity contribution in [2.24, 2.45) is 0 Å². The number of piperidine rings is 1. The van der Waals surface area contributed by atoms with Gasteiger partial charge in [0.1, 0.15) is 5.82 Å². The van der Waals surface area contributed by atoms with E-state index in [0.29, 0.717) is 18.7 Å². The molecule has 5 nitrogen and oxygen atoms in total. The number of aliphatic hydroxyl groups excluding tert-OH is 1. The summed E-state index contributed by atoms with van der Waals surface area (Å²) in [6.45, 7) is 3.56. The van der Waals surface area contributed by atoms with E-state index >= 15 is 0 Å². The molecule has 28 heavy (non-hydrogen) atoms. The van der Waals surface area contributed by atoms with Crippen LogP contribution in [0.2, 0.25) is 5.02 Å². The number of morpholine rings is 1. The molecule has 6 heteroatoms. The van der Waals surface area contributed by atoms with Gasteiger partial charge in [-0.1, -0.05) is 29.8 Å². The number of hydrogen-bond acceptors (Lipinski definition) is 5. The highest BCUT2D eigenvalue weighted by atomic mass is 35.5. The highest BCUT2D eigenvalue weighted by Crippen LogP contribution is 2.26. The van der Waals surface area contributed by atoms with Crippen LogP contribution >= 0.6 is 11.6 Å². The SMILES string of the molecule is OC[C@H]1CN(C2CCN(c3ccccn3)CC2)C(Cc2ccc(Cl)cc2)CO1. The van der Waals surface area contributed by atoms with Crippen molar-refractivity contribution in [3.8, 4) is 0 Å². The number of anilines is 1. The molecule has 2 aromatic rings. The molecule has 4 rings (SSSR count). The quantitative estimate of drug-likeness (QED) is 0.834. The minimum absolute atomic E-state index is 0.0803. The monoisotopic (exact) mass is 401 g/mol. The zero-order chi connectivity index (χ0) is 19.3. The molecule has 1 aromatic heterocycles. The summed E-state index contributed by atoms with van der Waals surface area (Å²) in [5.41, 5.74) is 1.27. The maximum absolute atomic E-state index is 9.62. The van der Waals surface area contributed by atoms with E-state index in [0.717, 1.165) is 49.7 Å². The van der Waals surface area contributed by atoms with Crippen molar-refractivity contribution in [2.75, 3.05) is 37.7 Å². The average molecular weight is 402 g/mol. The first-order valence-electron chi connectivity index (χ1n) is 10.1. The van der Waals surface area contributed by atoms with Crippen LogP contribution in [0.4, 0.5) is 5.82 Å². The zero-order valence-corrected chi connectivity index (χ0v) is 16.8. The van der Waals surface area contributed by atoms with Gasteiger partial charge in [-0.3, -0.25) is 4.90 Å². The van der Waals surface area contributed by atoms with Crippen molar-refractivity contribution in [1.82, 2.24) is 9.88 Å². The number of nitrogens with zero attached hydrogens (tertiary/aromatic N) is 3. The summed E-state index contributed by atoms with van der Waals surface area (Å²) < 4.78 is 5.91. The second-order valence-corrected chi connectivity index (χ2v) is 8.16. The maximum Gasteiger partial charge on any atom is 0.128 e. The molecule has 2 atom stereocenters. The van der Waals surface area contributed by atoms with E-state index in [-0.39, 0.29) is 12.7 Å². The molecular weight excluding hydrogens is 374 g/mol. The van der Waals surface area contributed by atoms with Crippen molar-refractivity contribution in [1.29, 1.82) is 0 Å². The Morgan fingerprint density at radius 2 is 1.89 bits per heavy atom. The molecular formula is C22H28ClN3O2. The van der Waals surface area contributed by atoms with Crippen molar-refractivity contribution in [3.63, 3.8) is 0 Å². The van der Waals surface area contributed by atoms with Crippen LogP contribution in [0, 0.1) is 0 Å². The highest BCUT2D eigenvalue weighted by Gasteiger charge is 2.35. The van der Waals surface area contributed by atoms with Gasteiger partial charge in [-0.15, -0.1) is 0 Å². The minimum atomic E-state index is -0.0877. The van der Waals surface area contributed by atoms with E-state index in [1.54, 1.807) is 0 Å². The van der Waals surface area contributed by atoms with E-state index in [1.165, 1.54) is 5.56 Å². The molecule has 1 unspecified atom stereocenters. The summed E-state index contributed by atoms with van der Waals surface area (Å²) in [6, 6.07) is 15.0. The molecule has 2 saturated heterocycles. The summed E-state index contributed by atoms with van der Waals surface area (Å²) in [6.07, 6.45) is 4.92. The highest BCUT2D eigenvalue weighted by molar-refractivity contribution is 6.30. The molecule has 2 fully saturated rings. The second kappa shape index (κ2) is 9.23. The number of rotatable bonds is 5. The Balaban J connectivity index is 1.42. The molecule has 0 amide bonds. The Morgan fingerprint density at radius 3 is 2.57 bits per heavy atom. The average Bonchev–Trinajstić information content (AvgIpc) is 2.76. The molecule has 0 bridgehead atoms. The molecule has 0 radical (unpaired) electrons. The van der Waals surface area contributed by atoms with Crippen LogP contribution in [0.25, 0.3) is 0 Å². The zero-order valence-electron chi connectivity index (χ0n) is 16.1. The summed E-state index contributed by atoms with van der Waals surface area (Å²) >= 11 is 6.03. The number of hydrogen-bond donors (Lipinski definition) is 1. The van der Waals surface area contributed by atoms with Gasteiger partial charge < -0.3 is 14.7 Å². The normalized spacial score (nSPS) is 24.4. The molecule has 2 aliphatic rings. The Kier molecular flexibility index (Phi) is 6.47. The number of halogens is 1. The lowest BCUT2D eigenvalue weighted by atomic mass is 9.96. The fourth-order valence-electron chi connectivity index (χ4n) is 4.37. The third-order valence-electron chi connectivity index (χ3n) is 5.90. The Labute approximate surface area is 171 Å². The standard InChI is InChI=1S/C22H28ClN3O2/c23-18-6-4-17(5-7-18)13-20-16-28-21(15-27)14-26(20)19-8-11-25(12-9-19)22-3-1-2-10-24-22/h1-7,10,19-21,27H,8-9,11-16H2/t20?,21-/m1/s1. The summed E-state index contributed by atoms with van der Waals surface area (Å²) in [4.78, 5) is 9.44. The van der Waals surface area contributed by atoms with Gasteiger partial charge in [-0.25, -0.2) is 4.98 Å². The van der Waals surface area contributed by atoms with E-state index in [4.69, 9.17) is 16.3 Å². The lowest BCUT2D eigenvalue weighted by Gasteiger charge is -2.46. The Morgan fingerprint density at radius 1 is 1.11 bits per heavy atom. The number of aromatic nitrogens is 1. The number of aliphatic hydroxyl groups is 1. The largest absolute Gasteiger partial charge is 0.394 e. The summed E-state index contributed by atoms with van der Waals surface area (Å²) in [5, 5.41) is 10.4. The molecule has 0 spiro atoms. The van der Waals surface area contributed by atoms with Gasteiger partial charge in [0, 0.05) is 42.9 Å². The summed E-state index contributed by atoms with van der Waals surface area (Å²) in [5.74, 6) is 1.06. The van der Waals surface area contributed by atoms with Crippen molar-refractivity contribution >= 4 is 17.4 Å². The summed E-state index contributed by atoms with van der Waals surface area (Å²) in [7, 11) is 0. The van der Waals surface area contributed by atoms with Crippen LogP contribution in [0.5, 0.6) is 0 Å². The fraction of sp³-hybridized carbons (Fsp3) is 0.500. The van der Waals surface area contributed by atoms with Crippen LogP contribution in [-0.2, 0) is 11.2 Å². The van der Waals surface area contributed by atoms with Gasteiger partial charge in [0.05, 0.1) is 19.3 Å². The molecule has 2 aliphatic heterocycles. The first-order chi connectivity index (χ1) is 13.7. The predicted molar refractivity (Wildman–Crippen MR) is 112 cm³/mol. The Bertz CT molecular complexity index is 735. The van der Waals surface area contributed by atoms with Crippen LogP contribution in [0.1, 0.15) is 18.4 Å². The molecule has 150 valence electrons. The van der Waals surface area contributed by atoms with Gasteiger partial charge in [0.2, 0.25) is 0 Å². The minimum Gasteiger partial charge on any atom is -0.394 e. The lowest BCUT2D eigenvalue weighted by Crippen LogP contribution is -2.57. The molecule has 1 aromatic carbocycles. The second-order valence-electron chi connectivity index (χ2n) is 7.73. The molecule has 0 aliphatic carbocycles. The molecule has 1 N–H and O–H groups in total. The van der Waals surface area contributed by atoms with Crippen molar-refractivity contribution < 1.29 is 9.84 Å². The van der Waals surface area contributed by atoms with Crippen molar-refractivity contribution in [3.05, 3.63) is 59.2 Å². The van der Waals surface area contributed by atoms with Gasteiger partial charge in [-0.05, 0) is 49.1 Å². The third kappa shape index (κ3) is 4.66. The van der Waals surface area contributed by atoms with Crippen LogP contribution in [0.3, 0.4) is 0 Å². The number of benzene rings is 1. The van der Waals surface area contributed by atoms with Gasteiger partial charge in [0.25, 0.3) is 0 Å². The lowest BCUT2D eigenvalue weighted by molar-refractivity contribution is -0.0979. The van der Waals surface area contributed by atoms with E-state index < -0.39 is 0 Å². The van der Waals surface area contributed by atoms with E-state index in [1.807, 2.05) is 30.5 Å². The van der Waals surface area contributed by atoms with E-state index in [9.17, 15) is 5.11 Å². The molecule has 3 heterocycles. The molecule has 0 saturated carbocycles.